The lowest BCUT2D eigenvalue weighted by atomic mass is 10.0. The van der Waals surface area contributed by atoms with Gasteiger partial charge in [0.25, 0.3) is 0 Å². The van der Waals surface area contributed by atoms with Crippen molar-refractivity contribution >= 4 is 23.5 Å². The molecule has 0 aliphatic carbocycles. The SMILES string of the molecule is O=C(CN1C(=O)C(NC(CCc2ccccc2)C(=O)O)CCc2ccccc21)OCc1ccccc1. The number of nitrogens with one attached hydrogen (secondary N) is 1. The van der Waals surface area contributed by atoms with Crippen molar-refractivity contribution in [3.8, 4) is 0 Å². The number of rotatable bonds is 10. The maximum Gasteiger partial charge on any atom is 0.326 e. The van der Waals surface area contributed by atoms with Crippen LogP contribution in [-0.2, 0) is 38.6 Å². The minimum Gasteiger partial charge on any atom is -0.480 e. The van der Waals surface area contributed by atoms with Crippen molar-refractivity contribution in [1.82, 2.24) is 5.32 Å². The molecule has 7 heteroatoms. The predicted octanol–water partition coefficient (Wildman–Crippen LogP) is 3.75. The number of carboxylic acid groups (broad SMARTS) is 1. The molecular weight excluding hydrogens is 456 g/mol. The van der Waals surface area contributed by atoms with Gasteiger partial charge in [0.15, 0.2) is 0 Å². The van der Waals surface area contributed by atoms with Crippen LogP contribution in [0.1, 0.15) is 29.5 Å². The Morgan fingerprint density at radius 3 is 2.28 bits per heavy atom. The zero-order valence-electron chi connectivity index (χ0n) is 20.0. The van der Waals surface area contributed by atoms with Gasteiger partial charge in [0.05, 0.1) is 6.04 Å². The van der Waals surface area contributed by atoms with Crippen molar-refractivity contribution in [2.75, 3.05) is 11.4 Å². The molecule has 1 heterocycles. The molecule has 0 spiro atoms. The lowest BCUT2D eigenvalue weighted by molar-refractivity contribution is -0.144. The molecular formula is C29H30N2O5. The van der Waals surface area contributed by atoms with Crippen LogP contribution in [0.25, 0.3) is 0 Å². The van der Waals surface area contributed by atoms with Gasteiger partial charge in [0.1, 0.15) is 19.2 Å². The number of para-hydroxylation sites is 1. The Labute approximate surface area is 210 Å². The highest BCUT2D eigenvalue weighted by Crippen LogP contribution is 2.27. The van der Waals surface area contributed by atoms with Crippen molar-refractivity contribution in [2.45, 2.75) is 44.4 Å². The molecule has 1 aliphatic rings. The highest BCUT2D eigenvalue weighted by atomic mass is 16.5. The number of carboxylic acids is 1. The average molecular weight is 487 g/mol. The third-order valence-electron chi connectivity index (χ3n) is 6.34. The second-order valence-electron chi connectivity index (χ2n) is 8.87. The van der Waals surface area contributed by atoms with Gasteiger partial charge in [-0.3, -0.25) is 24.6 Å². The van der Waals surface area contributed by atoms with Gasteiger partial charge >= 0.3 is 11.9 Å². The van der Waals surface area contributed by atoms with Crippen LogP contribution in [0.5, 0.6) is 0 Å². The van der Waals surface area contributed by atoms with E-state index in [9.17, 15) is 19.5 Å². The minimum absolute atomic E-state index is 0.117. The number of ether oxygens (including phenoxy) is 1. The Bertz CT molecular complexity index is 1180. The molecule has 0 saturated carbocycles. The van der Waals surface area contributed by atoms with Crippen LogP contribution in [0.4, 0.5) is 5.69 Å². The molecule has 0 bridgehead atoms. The molecule has 186 valence electrons. The quantitative estimate of drug-likeness (QED) is 0.424. The lowest BCUT2D eigenvalue weighted by Gasteiger charge is -2.27. The largest absolute Gasteiger partial charge is 0.480 e. The summed E-state index contributed by atoms with van der Waals surface area (Å²) < 4.78 is 5.43. The molecule has 36 heavy (non-hydrogen) atoms. The van der Waals surface area contributed by atoms with Crippen LogP contribution in [0.15, 0.2) is 84.9 Å². The number of anilines is 1. The van der Waals surface area contributed by atoms with Gasteiger partial charge in [0, 0.05) is 5.69 Å². The number of carbonyl (C=O) groups excluding carboxylic acids is 2. The molecule has 2 unspecified atom stereocenters. The molecule has 1 amide bonds. The Morgan fingerprint density at radius 2 is 1.58 bits per heavy atom. The van der Waals surface area contributed by atoms with E-state index in [1.807, 2.05) is 84.9 Å². The number of hydrogen-bond donors (Lipinski definition) is 2. The molecule has 7 nitrogen and oxygen atoms in total. The Kier molecular flexibility index (Phi) is 8.47. The van der Waals surface area contributed by atoms with E-state index in [1.165, 1.54) is 4.90 Å². The highest BCUT2D eigenvalue weighted by Gasteiger charge is 2.34. The minimum atomic E-state index is -1.01. The summed E-state index contributed by atoms with van der Waals surface area (Å²) in [6.07, 6.45) is 1.93. The van der Waals surface area contributed by atoms with Crippen LogP contribution < -0.4 is 10.2 Å². The first kappa shape index (κ1) is 25.1. The number of esters is 1. The Hall–Kier alpha value is -3.97. The number of aliphatic carboxylic acids is 1. The number of fused-ring (bicyclic) bond motifs is 1. The van der Waals surface area contributed by atoms with E-state index in [1.54, 1.807) is 0 Å². The van der Waals surface area contributed by atoms with Crippen molar-refractivity contribution in [3.63, 3.8) is 0 Å². The number of hydrogen-bond acceptors (Lipinski definition) is 5. The zero-order chi connectivity index (χ0) is 25.3. The number of aryl methyl sites for hydroxylation is 2. The van der Waals surface area contributed by atoms with Gasteiger partial charge in [-0.05, 0) is 48.4 Å². The van der Waals surface area contributed by atoms with Gasteiger partial charge in [-0.2, -0.15) is 0 Å². The maximum absolute atomic E-state index is 13.6. The zero-order valence-corrected chi connectivity index (χ0v) is 20.0. The van der Waals surface area contributed by atoms with Crippen LogP contribution in [0, 0.1) is 0 Å². The number of benzene rings is 3. The summed E-state index contributed by atoms with van der Waals surface area (Å²) in [5, 5.41) is 12.9. The van der Waals surface area contributed by atoms with E-state index in [0.29, 0.717) is 31.4 Å². The molecule has 3 aromatic carbocycles. The molecule has 0 fully saturated rings. The van der Waals surface area contributed by atoms with E-state index >= 15 is 0 Å². The molecule has 3 aromatic rings. The summed E-state index contributed by atoms with van der Waals surface area (Å²) in [6.45, 7) is -0.131. The van der Waals surface area contributed by atoms with E-state index < -0.39 is 24.0 Å². The van der Waals surface area contributed by atoms with Crippen LogP contribution in [0.2, 0.25) is 0 Å². The van der Waals surface area contributed by atoms with Crippen LogP contribution in [0.3, 0.4) is 0 Å². The van der Waals surface area contributed by atoms with Gasteiger partial charge in [0.2, 0.25) is 5.91 Å². The molecule has 2 atom stereocenters. The monoisotopic (exact) mass is 486 g/mol. The first-order valence-electron chi connectivity index (χ1n) is 12.1. The molecule has 0 aromatic heterocycles. The summed E-state index contributed by atoms with van der Waals surface area (Å²) >= 11 is 0. The fourth-order valence-electron chi connectivity index (χ4n) is 4.42. The number of carbonyl (C=O) groups is 3. The summed E-state index contributed by atoms with van der Waals surface area (Å²) in [5.41, 5.74) is 3.48. The third-order valence-corrected chi connectivity index (χ3v) is 6.34. The van der Waals surface area contributed by atoms with Crippen LogP contribution >= 0.6 is 0 Å². The van der Waals surface area contributed by atoms with Gasteiger partial charge in [-0.25, -0.2) is 0 Å². The van der Waals surface area contributed by atoms with Crippen molar-refractivity contribution < 1.29 is 24.2 Å². The average Bonchev–Trinajstić information content (AvgIpc) is 3.03. The van der Waals surface area contributed by atoms with Gasteiger partial charge in [-0.15, -0.1) is 0 Å². The van der Waals surface area contributed by atoms with Gasteiger partial charge in [-0.1, -0.05) is 78.9 Å². The fourth-order valence-corrected chi connectivity index (χ4v) is 4.42. The topological polar surface area (TPSA) is 95.9 Å². The van der Waals surface area contributed by atoms with E-state index in [0.717, 1.165) is 16.7 Å². The number of amides is 1. The van der Waals surface area contributed by atoms with Crippen molar-refractivity contribution in [2.24, 2.45) is 0 Å². The molecule has 0 saturated heterocycles. The summed E-state index contributed by atoms with van der Waals surface area (Å²) in [6, 6.07) is 24.8. The maximum atomic E-state index is 13.6. The molecule has 0 radical (unpaired) electrons. The second kappa shape index (κ2) is 12.1. The second-order valence-corrected chi connectivity index (χ2v) is 8.87. The molecule has 2 N–H and O–H groups in total. The van der Waals surface area contributed by atoms with Gasteiger partial charge < -0.3 is 9.84 Å². The summed E-state index contributed by atoms with van der Waals surface area (Å²) in [7, 11) is 0. The van der Waals surface area contributed by atoms with E-state index in [-0.39, 0.29) is 19.1 Å². The van der Waals surface area contributed by atoms with E-state index in [4.69, 9.17) is 4.74 Å². The highest BCUT2D eigenvalue weighted by molar-refractivity contribution is 6.02. The third kappa shape index (κ3) is 6.58. The van der Waals surface area contributed by atoms with Crippen molar-refractivity contribution in [1.29, 1.82) is 0 Å². The standard InChI is InChI=1S/C29H30N2O5/c32-27(36-20-22-11-5-2-6-12-22)19-31-26-14-8-7-13-23(26)16-18-24(28(31)33)30-25(29(34)35)17-15-21-9-3-1-4-10-21/h1-14,24-25,30H,15-20H2,(H,34,35). The van der Waals surface area contributed by atoms with Crippen molar-refractivity contribution in [3.05, 3.63) is 102 Å². The molecule has 1 aliphatic heterocycles. The Balaban J connectivity index is 1.47. The smallest absolute Gasteiger partial charge is 0.326 e. The molecule has 4 rings (SSSR count). The normalized spacial score (nSPS) is 16.1. The van der Waals surface area contributed by atoms with Crippen LogP contribution in [-0.4, -0.2) is 41.6 Å². The Morgan fingerprint density at radius 1 is 0.944 bits per heavy atom. The summed E-state index contributed by atoms with van der Waals surface area (Å²) in [4.78, 5) is 39.8. The first-order valence-corrected chi connectivity index (χ1v) is 12.1. The summed E-state index contributed by atoms with van der Waals surface area (Å²) in [5.74, 6) is -1.86. The lowest BCUT2D eigenvalue weighted by Crippen LogP contribution is -2.52. The number of nitrogens with zero attached hydrogens (tertiary/aromatic N) is 1. The predicted molar refractivity (Wildman–Crippen MR) is 136 cm³/mol. The first-order chi connectivity index (χ1) is 17.5. The fraction of sp³-hybridized carbons (Fsp3) is 0.276. The van der Waals surface area contributed by atoms with E-state index in [2.05, 4.69) is 5.32 Å².